The molecule has 0 aromatic heterocycles. The number of nitrogens with two attached hydrogens (primary N) is 2. The number of hydrogen-bond donors (Lipinski definition) is 2. The highest BCUT2D eigenvalue weighted by molar-refractivity contribution is 6.09. The van der Waals surface area contributed by atoms with Crippen molar-refractivity contribution in [1.82, 2.24) is 9.80 Å². The summed E-state index contributed by atoms with van der Waals surface area (Å²) in [7, 11) is 0. The van der Waals surface area contributed by atoms with E-state index in [1.807, 2.05) is 12.1 Å². The molecule has 0 aliphatic carbocycles. The van der Waals surface area contributed by atoms with E-state index in [1.165, 1.54) is 29.3 Å². The fourth-order valence-electron chi connectivity index (χ4n) is 7.46. The number of nitrogens with zero attached hydrogens (tertiary/aromatic N) is 3. The molecule has 0 amide bonds. The van der Waals surface area contributed by atoms with E-state index in [4.69, 9.17) is 11.6 Å². The molecule has 7 nitrogen and oxygen atoms in total. The van der Waals surface area contributed by atoms with Crippen LogP contribution in [0.4, 0.5) is 18.9 Å². The summed E-state index contributed by atoms with van der Waals surface area (Å²) in [6.45, 7) is 13.3. The van der Waals surface area contributed by atoms with Crippen molar-refractivity contribution >= 4 is 11.5 Å². The molecule has 2 aromatic carbocycles. The van der Waals surface area contributed by atoms with Crippen LogP contribution in [0.3, 0.4) is 0 Å². The highest BCUT2D eigenvalue weighted by atomic mass is 19.4. The predicted molar refractivity (Wildman–Crippen MR) is 172 cm³/mol. The second-order valence-electron chi connectivity index (χ2n) is 13.0. The van der Waals surface area contributed by atoms with E-state index in [0.717, 1.165) is 75.7 Å². The number of halogens is 3. The monoisotopic (exact) mass is 625 g/mol. The summed E-state index contributed by atoms with van der Waals surface area (Å²) in [5, 5.41) is 1.62. The van der Waals surface area contributed by atoms with E-state index in [1.54, 1.807) is 11.1 Å². The van der Waals surface area contributed by atoms with E-state index >= 15 is 0 Å². The van der Waals surface area contributed by atoms with E-state index < -0.39 is 29.5 Å². The molecule has 3 aliphatic heterocycles. The third-order valence-corrected chi connectivity index (χ3v) is 9.53. The number of carbonyl (C=O) groups excluding carboxylic acids is 1. The van der Waals surface area contributed by atoms with Crippen LogP contribution in [0, 0.1) is 5.92 Å². The fraction of sp³-hybridized carbons (Fsp3) is 0.514. The molecule has 0 saturated heterocycles. The lowest BCUT2D eigenvalue weighted by molar-refractivity contribution is -0.274. The average Bonchev–Trinajstić information content (AvgIpc) is 3.22. The average molecular weight is 626 g/mol. The zero-order valence-electron chi connectivity index (χ0n) is 26.7. The number of rotatable bonds is 10. The molecule has 4 N–H and O–H groups in total. The van der Waals surface area contributed by atoms with Crippen LogP contribution < -0.4 is 21.3 Å². The fourth-order valence-corrected chi connectivity index (χ4v) is 7.46. The van der Waals surface area contributed by atoms with Gasteiger partial charge in [0.25, 0.3) is 0 Å². The van der Waals surface area contributed by atoms with E-state index in [9.17, 15) is 18.0 Å². The second-order valence-corrected chi connectivity index (χ2v) is 13.0. The summed E-state index contributed by atoms with van der Waals surface area (Å²) >= 11 is 0. The maximum atomic E-state index is 13.8. The van der Waals surface area contributed by atoms with Crippen molar-refractivity contribution in [3.8, 4) is 5.75 Å². The van der Waals surface area contributed by atoms with Gasteiger partial charge in [0, 0.05) is 49.9 Å². The van der Waals surface area contributed by atoms with Crippen molar-refractivity contribution in [1.29, 1.82) is 0 Å². The van der Waals surface area contributed by atoms with Crippen molar-refractivity contribution in [2.24, 2.45) is 17.5 Å². The van der Waals surface area contributed by atoms with Crippen LogP contribution in [-0.4, -0.2) is 66.9 Å². The molecule has 2 aromatic rings. The van der Waals surface area contributed by atoms with E-state index in [-0.39, 0.29) is 5.56 Å². The Balaban J connectivity index is 1.59. The molecule has 0 radical (unpaired) electrons. The van der Waals surface area contributed by atoms with Crippen molar-refractivity contribution in [3.63, 3.8) is 0 Å². The number of carbonyl (C=O) groups is 1. The Morgan fingerprint density at radius 1 is 1.02 bits per heavy atom. The maximum absolute atomic E-state index is 13.8. The van der Waals surface area contributed by atoms with Crippen molar-refractivity contribution in [2.45, 2.75) is 77.4 Å². The van der Waals surface area contributed by atoms with E-state index in [2.05, 4.69) is 54.4 Å². The Morgan fingerprint density at radius 3 is 2.31 bits per heavy atom. The molecule has 10 heteroatoms. The van der Waals surface area contributed by atoms with Gasteiger partial charge in [0.15, 0.2) is 5.78 Å². The topological polar surface area (TPSA) is 88.1 Å². The number of alkyl halides is 3. The summed E-state index contributed by atoms with van der Waals surface area (Å²) in [5.41, 5.74) is 10.9. The highest BCUT2D eigenvalue weighted by Crippen LogP contribution is 2.54. The van der Waals surface area contributed by atoms with Crippen LogP contribution in [0.2, 0.25) is 0 Å². The molecule has 3 heterocycles. The molecular weight excluding hydrogens is 579 g/mol. The molecule has 0 spiro atoms. The Hall–Kier alpha value is -3.18. The van der Waals surface area contributed by atoms with Gasteiger partial charge in [-0.1, -0.05) is 62.6 Å². The molecule has 45 heavy (non-hydrogen) atoms. The van der Waals surface area contributed by atoms with Gasteiger partial charge in [0.2, 0.25) is 0 Å². The van der Waals surface area contributed by atoms with Gasteiger partial charge in [0.05, 0.1) is 11.1 Å². The lowest BCUT2D eigenvalue weighted by Gasteiger charge is -2.45. The summed E-state index contributed by atoms with van der Waals surface area (Å²) < 4.78 is 42.8. The summed E-state index contributed by atoms with van der Waals surface area (Å²) in [5.74, 6) is 6.44. The number of benzene rings is 2. The van der Waals surface area contributed by atoms with Gasteiger partial charge in [-0.3, -0.25) is 19.6 Å². The van der Waals surface area contributed by atoms with Crippen LogP contribution in [0.1, 0.15) is 74.9 Å². The first-order valence-corrected chi connectivity index (χ1v) is 16.0. The Kier molecular flexibility index (Phi) is 9.79. The first-order valence-electron chi connectivity index (χ1n) is 16.0. The number of anilines is 1. The van der Waals surface area contributed by atoms with Crippen LogP contribution in [0.5, 0.6) is 5.75 Å². The standard InChI is InChI=1S/C35H46F3N5O2/c1-5-7-24(4)42-18-14-28(15-19-42)34(27-12-16-41(17-13-27)22-23(2)3)30-21-26(10-11-31(30)43(40)33(34)39)32(44)25-8-6-9-29(20-25)45-35(36,37)38/h6,8-12,14,20-21,23-24,33H,5,7,13,15-19,22,39-40H2,1-4H3. The second kappa shape index (κ2) is 13.3. The minimum atomic E-state index is -4.86. The van der Waals surface area contributed by atoms with Crippen LogP contribution >= 0.6 is 0 Å². The van der Waals surface area contributed by atoms with Gasteiger partial charge in [-0.05, 0) is 68.0 Å². The molecule has 3 aliphatic rings. The van der Waals surface area contributed by atoms with Gasteiger partial charge >= 0.3 is 6.36 Å². The van der Waals surface area contributed by atoms with Gasteiger partial charge in [-0.15, -0.1) is 13.2 Å². The van der Waals surface area contributed by atoms with Crippen LogP contribution in [-0.2, 0) is 5.41 Å². The summed E-state index contributed by atoms with van der Waals surface area (Å²) in [6.07, 6.45) is 3.06. The Morgan fingerprint density at radius 2 is 1.71 bits per heavy atom. The lowest BCUT2D eigenvalue weighted by atomic mass is 9.64. The number of ketones is 1. The largest absolute Gasteiger partial charge is 0.573 e. The molecule has 0 saturated carbocycles. The summed E-state index contributed by atoms with van der Waals surface area (Å²) in [6, 6.07) is 11.0. The molecule has 3 unspecified atom stereocenters. The smallest absolute Gasteiger partial charge is 0.406 e. The first kappa shape index (κ1) is 33.2. The minimum absolute atomic E-state index is 0.104. The third-order valence-electron chi connectivity index (χ3n) is 9.53. The summed E-state index contributed by atoms with van der Waals surface area (Å²) in [4.78, 5) is 18.7. The van der Waals surface area contributed by atoms with Gasteiger partial charge in [-0.25, -0.2) is 5.84 Å². The normalized spacial score (nSPS) is 23.5. The Labute approximate surface area is 264 Å². The number of hydrogen-bond acceptors (Lipinski definition) is 7. The lowest BCUT2D eigenvalue weighted by Crippen LogP contribution is -2.57. The number of fused-ring (bicyclic) bond motifs is 1. The molecule has 0 bridgehead atoms. The third kappa shape index (κ3) is 6.70. The van der Waals surface area contributed by atoms with Gasteiger partial charge in [-0.2, -0.15) is 0 Å². The predicted octanol–water partition coefficient (Wildman–Crippen LogP) is 6.14. The molecular formula is C35H46F3N5O2. The van der Waals surface area contributed by atoms with Crippen LogP contribution in [0.25, 0.3) is 0 Å². The van der Waals surface area contributed by atoms with E-state index in [0.29, 0.717) is 17.5 Å². The molecule has 3 atom stereocenters. The van der Waals surface area contributed by atoms with Crippen molar-refractivity contribution in [3.05, 3.63) is 82.5 Å². The number of ether oxygens (including phenoxy) is 1. The highest BCUT2D eigenvalue weighted by Gasteiger charge is 2.54. The van der Waals surface area contributed by atoms with Crippen LogP contribution in [0.15, 0.2) is 65.8 Å². The zero-order valence-corrected chi connectivity index (χ0v) is 26.7. The Bertz CT molecular complexity index is 1450. The van der Waals surface area contributed by atoms with Gasteiger partial charge < -0.3 is 10.5 Å². The minimum Gasteiger partial charge on any atom is -0.406 e. The van der Waals surface area contributed by atoms with Crippen molar-refractivity contribution < 1.29 is 22.7 Å². The molecule has 0 fully saturated rings. The zero-order chi connectivity index (χ0) is 32.5. The molecule has 5 rings (SSSR count). The van der Waals surface area contributed by atoms with Gasteiger partial charge in [0.1, 0.15) is 11.9 Å². The maximum Gasteiger partial charge on any atom is 0.573 e. The molecule has 244 valence electrons. The SMILES string of the molecule is CCCC(C)N1CC=C(C2(C3=CCN(CC(C)C)CC3)c3cc(C(=O)c4cccc(OC(F)(F)F)c4)ccc3N(N)C2N)CC1. The first-order chi connectivity index (χ1) is 21.3. The quantitative estimate of drug-likeness (QED) is 0.186. The number of hydrazine groups is 1. The van der Waals surface area contributed by atoms with Crippen molar-refractivity contribution in [2.75, 3.05) is 37.7 Å².